The number of likely N-dealkylation sites (tertiary alicyclic amines) is 1. The molecule has 1 saturated heterocycles. The van der Waals surface area contributed by atoms with Crippen LogP contribution in [0.2, 0.25) is 5.02 Å². The van der Waals surface area contributed by atoms with Crippen LogP contribution in [-0.4, -0.2) is 51.3 Å². The van der Waals surface area contributed by atoms with Gasteiger partial charge in [-0.05, 0) is 43.2 Å². The number of hydrogen-bond acceptors (Lipinski definition) is 6. The molecule has 0 unspecified atom stereocenters. The first-order chi connectivity index (χ1) is 15.2. The molecule has 0 saturated carbocycles. The van der Waals surface area contributed by atoms with E-state index in [9.17, 15) is 18.0 Å². The van der Waals surface area contributed by atoms with Crippen molar-refractivity contribution in [2.24, 2.45) is 5.92 Å². The Morgan fingerprint density at radius 1 is 1.06 bits per heavy atom. The standard InChI is InChI=1S/C21H22ClN3O6S/c1-32(28,29)24-17-10-14(2-4-16(17)22)21(27)25-8-6-13(7-9-25)20(26)23-15-3-5-18-19(11-15)31-12-30-18/h2-5,10-11,13,24H,6-9,12H2,1H3,(H,23,26). The molecule has 2 aliphatic heterocycles. The predicted octanol–water partition coefficient (Wildman–Crippen LogP) is 2.93. The summed E-state index contributed by atoms with van der Waals surface area (Å²) in [5.41, 5.74) is 1.10. The number of carbonyl (C=O) groups is 2. The molecule has 0 aliphatic carbocycles. The van der Waals surface area contributed by atoms with Crippen molar-refractivity contribution in [1.29, 1.82) is 0 Å². The van der Waals surface area contributed by atoms with Crippen LogP contribution in [0.4, 0.5) is 11.4 Å². The second-order valence-electron chi connectivity index (χ2n) is 7.69. The van der Waals surface area contributed by atoms with Crippen molar-refractivity contribution in [3.63, 3.8) is 0 Å². The molecule has 2 aromatic carbocycles. The van der Waals surface area contributed by atoms with Gasteiger partial charge in [-0.2, -0.15) is 0 Å². The maximum atomic E-state index is 12.9. The number of ether oxygens (including phenoxy) is 2. The molecule has 11 heteroatoms. The maximum absolute atomic E-state index is 12.9. The molecule has 2 amide bonds. The molecule has 170 valence electrons. The van der Waals surface area contributed by atoms with Gasteiger partial charge in [0.15, 0.2) is 11.5 Å². The summed E-state index contributed by atoms with van der Waals surface area (Å²) < 4.78 is 35.9. The summed E-state index contributed by atoms with van der Waals surface area (Å²) in [6, 6.07) is 9.68. The molecule has 2 heterocycles. The summed E-state index contributed by atoms with van der Waals surface area (Å²) in [4.78, 5) is 27.2. The van der Waals surface area contributed by atoms with Crippen LogP contribution in [0.3, 0.4) is 0 Å². The molecule has 2 N–H and O–H groups in total. The Morgan fingerprint density at radius 2 is 1.78 bits per heavy atom. The Balaban J connectivity index is 1.35. The molecule has 1 fully saturated rings. The lowest BCUT2D eigenvalue weighted by molar-refractivity contribution is -0.121. The van der Waals surface area contributed by atoms with E-state index in [1.54, 1.807) is 29.2 Å². The minimum Gasteiger partial charge on any atom is -0.454 e. The van der Waals surface area contributed by atoms with E-state index < -0.39 is 10.0 Å². The third-order valence-corrected chi connectivity index (χ3v) is 6.22. The second kappa shape index (κ2) is 8.87. The van der Waals surface area contributed by atoms with Crippen LogP contribution in [-0.2, 0) is 14.8 Å². The van der Waals surface area contributed by atoms with Crippen molar-refractivity contribution in [2.45, 2.75) is 12.8 Å². The predicted molar refractivity (Wildman–Crippen MR) is 120 cm³/mol. The van der Waals surface area contributed by atoms with Gasteiger partial charge in [0.25, 0.3) is 5.91 Å². The van der Waals surface area contributed by atoms with Gasteiger partial charge >= 0.3 is 0 Å². The van der Waals surface area contributed by atoms with Gasteiger partial charge in [-0.15, -0.1) is 0 Å². The van der Waals surface area contributed by atoms with Crippen LogP contribution in [0.25, 0.3) is 0 Å². The van der Waals surface area contributed by atoms with E-state index in [4.69, 9.17) is 21.1 Å². The van der Waals surface area contributed by atoms with Crippen molar-refractivity contribution >= 4 is 44.8 Å². The Bertz CT molecular complexity index is 1160. The molecule has 0 radical (unpaired) electrons. The van der Waals surface area contributed by atoms with Gasteiger partial charge in [-0.25, -0.2) is 8.42 Å². The van der Waals surface area contributed by atoms with Crippen LogP contribution < -0.4 is 19.5 Å². The molecule has 2 aromatic rings. The number of benzene rings is 2. The topological polar surface area (TPSA) is 114 Å². The third kappa shape index (κ3) is 5.08. The fraction of sp³-hybridized carbons (Fsp3) is 0.333. The summed E-state index contributed by atoms with van der Waals surface area (Å²) >= 11 is 6.03. The summed E-state index contributed by atoms with van der Waals surface area (Å²) in [5, 5.41) is 3.09. The molecule has 9 nitrogen and oxygen atoms in total. The van der Waals surface area contributed by atoms with E-state index in [1.165, 1.54) is 12.1 Å². The Labute approximate surface area is 190 Å². The SMILES string of the molecule is CS(=O)(=O)Nc1cc(C(=O)N2CCC(C(=O)Nc3ccc4c(c3)OCO4)CC2)ccc1Cl. The van der Waals surface area contributed by atoms with Gasteiger partial charge in [-0.1, -0.05) is 11.6 Å². The first-order valence-corrected chi connectivity index (χ1v) is 12.2. The number of sulfonamides is 1. The van der Waals surface area contributed by atoms with Gasteiger partial charge < -0.3 is 19.7 Å². The maximum Gasteiger partial charge on any atom is 0.253 e. The first-order valence-electron chi connectivity index (χ1n) is 9.97. The van der Waals surface area contributed by atoms with Crippen molar-refractivity contribution in [3.8, 4) is 11.5 Å². The highest BCUT2D eigenvalue weighted by molar-refractivity contribution is 7.92. The minimum atomic E-state index is -3.53. The van der Waals surface area contributed by atoms with Crippen molar-refractivity contribution in [3.05, 3.63) is 47.0 Å². The van der Waals surface area contributed by atoms with Crippen molar-refractivity contribution in [1.82, 2.24) is 4.90 Å². The summed E-state index contributed by atoms with van der Waals surface area (Å²) in [6.45, 7) is 0.990. The zero-order valence-corrected chi connectivity index (χ0v) is 18.8. The lowest BCUT2D eigenvalue weighted by atomic mass is 9.95. The molecule has 2 aliphatic rings. The van der Waals surface area contributed by atoms with E-state index >= 15 is 0 Å². The number of rotatable bonds is 5. The molecule has 0 aromatic heterocycles. The van der Waals surface area contributed by atoms with Gasteiger partial charge in [0.05, 0.1) is 17.0 Å². The molecular formula is C21H22ClN3O6S. The number of nitrogens with one attached hydrogen (secondary N) is 2. The largest absolute Gasteiger partial charge is 0.454 e. The number of anilines is 2. The van der Waals surface area contributed by atoms with Gasteiger partial charge in [-0.3, -0.25) is 14.3 Å². The van der Waals surface area contributed by atoms with Crippen molar-refractivity contribution < 1.29 is 27.5 Å². The van der Waals surface area contributed by atoms with Crippen LogP contribution in [0.1, 0.15) is 23.2 Å². The van der Waals surface area contributed by atoms with E-state index in [1.807, 2.05) is 0 Å². The molecule has 4 rings (SSSR count). The van der Waals surface area contributed by atoms with Crippen molar-refractivity contribution in [2.75, 3.05) is 36.2 Å². The molecule has 0 atom stereocenters. The quantitative estimate of drug-likeness (QED) is 0.681. The first kappa shape index (κ1) is 22.2. The van der Waals surface area contributed by atoms with E-state index in [-0.39, 0.29) is 35.2 Å². The number of fused-ring (bicyclic) bond motifs is 1. The van der Waals surface area contributed by atoms with Crippen LogP contribution in [0.5, 0.6) is 11.5 Å². The lowest BCUT2D eigenvalue weighted by Crippen LogP contribution is -2.41. The number of piperidine rings is 1. The number of hydrogen-bond donors (Lipinski definition) is 2. The van der Waals surface area contributed by atoms with Crippen LogP contribution in [0, 0.1) is 5.92 Å². The highest BCUT2D eigenvalue weighted by Gasteiger charge is 2.28. The number of carbonyl (C=O) groups excluding carboxylic acids is 2. The zero-order valence-electron chi connectivity index (χ0n) is 17.3. The van der Waals surface area contributed by atoms with E-state index in [0.29, 0.717) is 48.7 Å². The fourth-order valence-electron chi connectivity index (χ4n) is 3.68. The number of halogens is 1. The number of amides is 2. The average molecular weight is 480 g/mol. The Morgan fingerprint density at radius 3 is 2.50 bits per heavy atom. The number of nitrogens with zero attached hydrogens (tertiary/aromatic N) is 1. The molecular weight excluding hydrogens is 458 g/mol. The fourth-order valence-corrected chi connectivity index (χ4v) is 4.47. The van der Waals surface area contributed by atoms with Gasteiger partial charge in [0.2, 0.25) is 22.7 Å². The highest BCUT2D eigenvalue weighted by Crippen LogP contribution is 2.34. The van der Waals surface area contributed by atoms with Gasteiger partial charge in [0.1, 0.15) is 0 Å². The third-order valence-electron chi connectivity index (χ3n) is 5.30. The normalized spacial score (nSPS) is 16.0. The monoisotopic (exact) mass is 479 g/mol. The molecule has 0 spiro atoms. The molecule has 32 heavy (non-hydrogen) atoms. The minimum absolute atomic E-state index is 0.109. The summed E-state index contributed by atoms with van der Waals surface area (Å²) in [6.07, 6.45) is 2.05. The highest BCUT2D eigenvalue weighted by atomic mass is 35.5. The Kier molecular flexibility index (Phi) is 6.16. The van der Waals surface area contributed by atoms with E-state index in [0.717, 1.165) is 6.26 Å². The summed E-state index contributed by atoms with van der Waals surface area (Å²) in [5.74, 6) is 0.662. The lowest BCUT2D eigenvalue weighted by Gasteiger charge is -2.31. The smallest absolute Gasteiger partial charge is 0.253 e. The van der Waals surface area contributed by atoms with Crippen LogP contribution in [0.15, 0.2) is 36.4 Å². The molecule has 0 bridgehead atoms. The zero-order chi connectivity index (χ0) is 22.9. The van der Waals surface area contributed by atoms with E-state index in [2.05, 4.69) is 10.0 Å². The average Bonchev–Trinajstić information content (AvgIpc) is 3.22. The van der Waals surface area contributed by atoms with Crippen LogP contribution >= 0.6 is 11.6 Å². The Hall–Kier alpha value is -2.98. The second-order valence-corrected chi connectivity index (χ2v) is 9.85. The summed E-state index contributed by atoms with van der Waals surface area (Å²) in [7, 11) is -3.53. The van der Waals surface area contributed by atoms with Gasteiger partial charge in [0, 0.05) is 36.3 Å².